The second kappa shape index (κ2) is 7.57. The number of carboxylic acids is 1. The summed E-state index contributed by atoms with van der Waals surface area (Å²) in [7, 11) is -5.64. The molecule has 0 spiro atoms. The highest BCUT2D eigenvalue weighted by atomic mass is 35.5. The molecule has 0 saturated heterocycles. The number of ketones is 1. The Morgan fingerprint density at radius 3 is 2.37 bits per heavy atom. The van der Waals surface area contributed by atoms with Crippen molar-refractivity contribution >= 4 is 33.2 Å². The Bertz CT molecular complexity index is 1000. The van der Waals surface area contributed by atoms with Crippen molar-refractivity contribution in [3.8, 4) is 5.75 Å². The Labute approximate surface area is 156 Å². The molecule has 0 saturated carbocycles. The number of sulfone groups is 1. The van der Waals surface area contributed by atoms with Crippen molar-refractivity contribution in [1.82, 2.24) is 0 Å². The van der Waals surface area contributed by atoms with Gasteiger partial charge in [-0.3, -0.25) is 4.79 Å². The van der Waals surface area contributed by atoms with Gasteiger partial charge in [0.2, 0.25) is 0 Å². The zero-order chi connectivity index (χ0) is 20.4. The summed E-state index contributed by atoms with van der Waals surface area (Å²) in [6.07, 6.45) is 0. The van der Waals surface area contributed by atoms with E-state index in [9.17, 15) is 31.2 Å². The van der Waals surface area contributed by atoms with Crippen LogP contribution in [-0.2, 0) is 14.6 Å². The number of carboxylic acid groups (broad SMARTS) is 1. The van der Waals surface area contributed by atoms with Crippen molar-refractivity contribution in [3.05, 3.63) is 58.6 Å². The minimum Gasteiger partial charge on any atom is -0.481 e. The zero-order valence-electron chi connectivity index (χ0n) is 13.2. The Hall–Kier alpha value is -2.59. The molecule has 0 aliphatic carbocycles. The van der Waals surface area contributed by atoms with Gasteiger partial charge in [-0.15, -0.1) is 0 Å². The van der Waals surface area contributed by atoms with Gasteiger partial charge in [-0.1, -0.05) is 23.7 Å². The normalized spacial score (nSPS) is 11.9. The molecular weight excluding hydrogens is 413 g/mol. The lowest BCUT2D eigenvalue weighted by atomic mass is 10.0. The highest BCUT2D eigenvalue weighted by molar-refractivity contribution is 7.92. The first-order chi connectivity index (χ1) is 12.4. The molecule has 0 radical (unpaired) electrons. The molecule has 0 unspecified atom stereocenters. The minimum absolute atomic E-state index is 0.0834. The average Bonchev–Trinajstić information content (AvgIpc) is 2.59. The Balaban J connectivity index is 2.49. The molecule has 11 heteroatoms. The molecule has 2 aromatic rings. The first-order valence-electron chi connectivity index (χ1n) is 7.04. The molecule has 0 bridgehead atoms. The SMILES string of the molecule is O=C(O)COc1ccc(Cl)cc1C(=O)c1cccc(S(=O)(=O)C(F)(F)F)c1. The third-order valence-electron chi connectivity index (χ3n) is 3.25. The number of ether oxygens (including phenoxy) is 1. The van der Waals surface area contributed by atoms with Crippen LogP contribution in [-0.4, -0.2) is 37.4 Å². The fraction of sp³-hybridized carbons (Fsp3) is 0.125. The lowest BCUT2D eigenvalue weighted by molar-refractivity contribution is -0.139. The zero-order valence-corrected chi connectivity index (χ0v) is 14.7. The van der Waals surface area contributed by atoms with E-state index in [0.29, 0.717) is 12.1 Å². The maximum absolute atomic E-state index is 12.7. The molecule has 2 rings (SSSR count). The van der Waals surface area contributed by atoms with Crippen LogP contribution in [0.3, 0.4) is 0 Å². The summed E-state index contributed by atoms with van der Waals surface area (Å²) in [5.41, 5.74) is -6.13. The summed E-state index contributed by atoms with van der Waals surface area (Å²) in [4.78, 5) is 22.2. The number of carbonyl (C=O) groups is 2. The molecule has 6 nitrogen and oxygen atoms in total. The molecule has 144 valence electrons. The number of hydrogen-bond acceptors (Lipinski definition) is 5. The lowest BCUT2D eigenvalue weighted by Gasteiger charge is -2.12. The molecule has 0 amide bonds. The number of carbonyl (C=O) groups excluding carboxylic acids is 1. The van der Waals surface area contributed by atoms with Crippen LogP contribution in [0, 0.1) is 0 Å². The van der Waals surface area contributed by atoms with Crippen molar-refractivity contribution < 1.29 is 41.0 Å². The Morgan fingerprint density at radius 1 is 1.11 bits per heavy atom. The molecule has 27 heavy (non-hydrogen) atoms. The van der Waals surface area contributed by atoms with E-state index in [-0.39, 0.29) is 21.9 Å². The molecular formula is C16H10ClF3O6S. The van der Waals surface area contributed by atoms with Crippen LogP contribution in [0.25, 0.3) is 0 Å². The monoisotopic (exact) mass is 422 g/mol. The fourth-order valence-electron chi connectivity index (χ4n) is 2.04. The Kier molecular flexibility index (Phi) is 5.81. The predicted molar refractivity (Wildman–Crippen MR) is 87.7 cm³/mol. The summed E-state index contributed by atoms with van der Waals surface area (Å²) < 4.78 is 66.1. The van der Waals surface area contributed by atoms with Gasteiger partial charge in [0.05, 0.1) is 10.5 Å². The number of alkyl halides is 3. The Morgan fingerprint density at radius 2 is 1.78 bits per heavy atom. The topological polar surface area (TPSA) is 97.7 Å². The van der Waals surface area contributed by atoms with Crippen LogP contribution in [0.2, 0.25) is 5.02 Å². The van der Waals surface area contributed by atoms with Crippen molar-refractivity contribution in [3.63, 3.8) is 0 Å². The predicted octanol–water partition coefficient (Wildman–Crippen LogP) is 3.33. The number of hydrogen-bond donors (Lipinski definition) is 1. The standard InChI is InChI=1S/C16H10ClF3O6S/c17-10-4-5-13(26-8-14(21)22)12(7-10)15(23)9-2-1-3-11(6-9)27(24,25)16(18,19)20/h1-7H,8H2,(H,21,22). The molecule has 0 aromatic heterocycles. The van der Waals surface area contributed by atoms with Crippen LogP contribution in [0.5, 0.6) is 5.75 Å². The van der Waals surface area contributed by atoms with Gasteiger partial charge in [-0.25, -0.2) is 13.2 Å². The van der Waals surface area contributed by atoms with Crippen molar-refractivity contribution in [2.45, 2.75) is 10.4 Å². The third-order valence-corrected chi connectivity index (χ3v) is 4.97. The van der Waals surface area contributed by atoms with Gasteiger partial charge in [0, 0.05) is 10.6 Å². The summed E-state index contributed by atoms with van der Waals surface area (Å²) in [6.45, 7) is -0.773. The number of rotatable bonds is 6. The van der Waals surface area contributed by atoms with E-state index in [0.717, 1.165) is 18.2 Å². The van der Waals surface area contributed by atoms with Gasteiger partial charge in [0.15, 0.2) is 12.4 Å². The van der Waals surface area contributed by atoms with E-state index >= 15 is 0 Å². The van der Waals surface area contributed by atoms with Gasteiger partial charge in [0.25, 0.3) is 9.84 Å². The van der Waals surface area contributed by atoms with E-state index in [1.165, 1.54) is 12.1 Å². The van der Waals surface area contributed by atoms with Crippen molar-refractivity contribution in [2.75, 3.05) is 6.61 Å². The van der Waals surface area contributed by atoms with Gasteiger partial charge >= 0.3 is 11.5 Å². The number of benzene rings is 2. The first kappa shape index (κ1) is 20.7. The number of aliphatic carboxylic acids is 1. The molecule has 1 N–H and O–H groups in total. The van der Waals surface area contributed by atoms with E-state index in [4.69, 9.17) is 21.4 Å². The van der Waals surface area contributed by atoms with E-state index in [1.54, 1.807) is 0 Å². The summed E-state index contributed by atoms with van der Waals surface area (Å²) in [6, 6.07) is 7.04. The van der Waals surface area contributed by atoms with Crippen molar-refractivity contribution in [1.29, 1.82) is 0 Å². The highest BCUT2D eigenvalue weighted by Crippen LogP contribution is 2.32. The van der Waals surface area contributed by atoms with Gasteiger partial charge in [-0.05, 0) is 30.3 Å². The number of halogens is 4. The second-order valence-electron chi connectivity index (χ2n) is 5.13. The summed E-state index contributed by atoms with van der Waals surface area (Å²) in [5.74, 6) is -2.38. The van der Waals surface area contributed by atoms with E-state index < -0.39 is 38.6 Å². The van der Waals surface area contributed by atoms with Crippen LogP contribution < -0.4 is 4.74 Å². The second-order valence-corrected chi connectivity index (χ2v) is 7.51. The highest BCUT2D eigenvalue weighted by Gasteiger charge is 2.47. The smallest absolute Gasteiger partial charge is 0.481 e. The molecule has 0 heterocycles. The van der Waals surface area contributed by atoms with Gasteiger partial charge in [0.1, 0.15) is 5.75 Å². The van der Waals surface area contributed by atoms with E-state index in [2.05, 4.69) is 0 Å². The van der Waals surface area contributed by atoms with Gasteiger partial charge in [-0.2, -0.15) is 13.2 Å². The minimum atomic E-state index is -5.64. The maximum Gasteiger partial charge on any atom is 0.501 e. The fourth-order valence-corrected chi connectivity index (χ4v) is 3.02. The molecule has 0 aliphatic rings. The first-order valence-corrected chi connectivity index (χ1v) is 8.90. The van der Waals surface area contributed by atoms with Crippen LogP contribution in [0.15, 0.2) is 47.4 Å². The molecule has 0 atom stereocenters. The van der Waals surface area contributed by atoms with Crippen LogP contribution in [0.4, 0.5) is 13.2 Å². The molecule has 0 aliphatic heterocycles. The van der Waals surface area contributed by atoms with E-state index in [1.807, 2.05) is 0 Å². The lowest BCUT2D eigenvalue weighted by Crippen LogP contribution is -2.23. The third kappa shape index (κ3) is 4.58. The van der Waals surface area contributed by atoms with Crippen LogP contribution >= 0.6 is 11.6 Å². The average molecular weight is 423 g/mol. The maximum atomic E-state index is 12.7. The van der Waals surface area contributed by atoms with Crippen LogP contribution in [0.1, 0.15) is 15.9 Å². The summed E-state index contributed by atoms with van der Waals surface area (Å²) >= 11 is 5.81. The molecule has 0 fully saturated rings. The van der Waals surface area contributed by atoms with Crippen molar-refractivity contribution in [2.24, 2.45) is 0 Å². The molecule has 2 aromatic carbocycles. The quantitative estimate of drug-likeness (QED) is 0.717. The largest absolute Gasteiger partial charge is 0.501 e. The summed E-state index contributed by atoms with van der Waals surface area (Å²) in [5, 5.41) is 8.75. The van der Waals surface area contributed by atoms with Gasteiger partial charge < -0.3 is 9.84 Å².